The minimum atomic E-state index is -2.35. The molecule has 1 heterocycles. The highest BCUT2D eigenvalue weighted by atomic mass is 16.6. The molecule has 0 amide bonds. The van der Waals surface area contributed by atoms with E-state index in [0.29, 0.717) is 0 Å². The second kappa shape index (κ2) is 7.40. The van der Waals surface area contributed by atoms with E-state index in [4.69, 9.17) is 10.2 Å². The van der Waals surface area contributed by atoms with E-state index in [9.17, 15) is 40.1 Å². The summed E-state index contributed by atoms with van der Waals surface area (Å²) < 4.78 is 0. The van der Waals surface area contributed by atoms with Crippen molar-refractivity contribution in [3.8, 4) is 0 Å². The number of aliphatic hydroxyl groups excluding tert-OH is 6. The van der Waals surface area contributed by atoms with Gasteiger partial charge in [0.2, 0.25) is 0 Å². The summed E-state index contributed by atoms with van der Waals surface area (Å²) in [5.41, 5.74) is -4.95. The molecule has 0 radical (unpaired) electrons. The zero-order valence-corrected chi connectivity index (χ0v) is 11.4. The molecule has 13 nitrogen and oxygen atoms in total. The standard InChI is InChI=1S/C10H15N3O10/c14-1-2(15)5(16)7(18)8(19)6(17)3-4(13(22)23)9(20)12-10(21)11-3/h2,5-8,14-19H,1H2,(H2,11,12,20,21)/t2-,5-,6-,7-,8+/m1/s1. The van der Waals surface area contributed by atoms with E-state index < -0.39 is 64.7 Å². The normalized spacial score (nSPS) is 18.0. The lowest BCUT2D eigenvalue weighted by Gasteiger charge is -2.28. The molecule has 0 fully saturated rings. The van der Waals surface area contributed by atoms with Gasteiger partial charge in [0.15, 0.2) is 0 Å². The first-order valence-electron chi connectivity index (χ1n) is 6.13. The minimum Gasteiger partial charge on any atom is -0.394 e. The second-order valence-corrected chi connectivity index (χ2v) is 4.59. The average molecular weight is 337 g/mol. The van der Waals surface area contributed by atoms with Gasteiger partial charge < -0.3 is 35.6 Å². The summed E-state index contributed by atoms with van der Waals surface area (Å²) in [7, 11) is 0. The summed E-state index contributed by atoms with van der Waals surface area (Å²) in [4.78, 5) is 35.4. The van der Waals surface area contributed by atoms with Crippen LogP contribution in [0.25, 0.3) is 0 Å². The summed E-state index contributed by atoms with van der Waals surface area (Å²) in [6, 6.07) is 0. The fourth-order valence-corrected chi connectivity index (χ4v) is 1.79. The monoisotopic (exact) mass is 337 g/mol. The molecule has 0 aliphatic rings. The number of nitrogens with zero attached hydrogens (tertiary/aromatic N) is 1. The van der Waals surface area contributed by atoms with E-state index in [1.54, 1.807) is 9.97 Å². The quantitative estimate of drug-likeness (QED) is 0.175. The Bertz CT molecular complexity index is 670. The predicted octanol–water partition coefficient (Wildman–Crippen LogP) is -4.56. The van der Waals surface area contributed by atoms with Crippen molar-refractivity contribution in [2.45, 2.75) is 30.5 Å². The summed E-state index contributed by atoms with van der Waals surface area (Å²) >= 11 is 0. The zero-order chi connectivity index (χ0) is 17.9. The van der Waals surface area contributed by atoms with E-state index in [-0.39, 0.29) is 0 Å². The topological polar surface area (TPSA) is 230 Å². The van der Waals surface area contributed by atoms with Crippen molar-refractivity contribution in [1.82, 2.24) is 9.97 Å². The molecule has 0 aliphatic heterocycles. The van der Waals surface area contributed by atoms with Crippen LogP contribution in [-0.4, -0.2) is 76.6 Å². The van der Waals surface area contributed by atoms with E-state index in [0.717, 1.165) is 0 Å². The Labute approximate surface area is 126 Å². The molecule has 130 valence electrons. The van der Waals surface area contributed by atoms with Gasteiger partial charge in [-0.2, -0.15) is 0 Å². The molecule has 13 heteroatoms. The van der Waals surface area contributed by atoms with Gasteiger partial charge in [-0.15, -0.1) is 0 Å². The van der Waals surface area contributed by atoms with Crippen LogP contribution >= 0.6 is 0 Å². The number of nitro groups is 1. The first kappa shape index (κ1) is 18.9. The smallest absolute Gasteiger partial charge is 0.355 e. The third-order valence-corrected chi connectivity index (χ3v) is 3.03. The van der Waals surface area contributed by atoms with Gasteiger partial charge in [-0.05, 0) is 0 Å². The lowest BCUT2D eigenvalue weighted by atomic mass is 9.97. The molecule has 1 aromatic heterocycles. The maximum Gasteiger partial charge on any atom is 0.355 e. The van der Waals surface area contributed by atoms with Gasteiger partial charge in [0, 0.05) is 0 Å². The number of rotatable bonds is 7. The second-order valence-electron chi connectivity index (χ2n) is 4.59. The van der Waals surface area contributed by atoms with E-state index in [2.05, 4.69) is 0 Å². The SMILES string of the molecule is O=c1[nH]c([C@@H](O)[C@H](O)[C@H](O)[C@H](O)[C@H](O)CO)c([N+](=O)[O-])c(=O)[nH]1. The Kier molecular flexibility index (Phi) is 6.08. The van der Waals surface area contributed by atoms with Gasteiger partial charge in [-0.3, -0.25) is 19.9 Å². The van der Waals surface area contributed by atoms with Crippen LogP contribution in [0.3, 0.4) is 0 Å². The average Bonchev–Trinajstić information content (AvgIpc) is 2.49. The van der Waals surface area contributed by atoms with Gasteiger partial charge >= 0.3 is 16.9 Å². The van der Waals surface area contributed by atoms with Gasteiger partial charge in [-0.1, -0.05) is 0 Å². The molecule has 0 aliphatic carbocycles. The molecule has 8 N–H and O–H groups in total. The van der Waals surface area contributed by atoms with Crippen LogP contribution in [0.1, 0.15) is 11.8 Å². The van der Waals surface area contributed by atoms with E-state index >= 15 is 0 Å². The molecule has 0 unspecified atom stereocenters. The van der Waals surface area contributed by atoms with Crippen molar-refractivity contribution in [2.75, 3.05) is 6.61 Å². The van der Waals surface area contributed by atoms with Gasteiger partial charge in [0.25, 0.3) is 0 Å². The number of aromatic amines is 2. The summed E-state index contributed by atoms with van der Waals surface area (Å²) in [6.45, 7) is -0.983. The lowest BCUT2D eigenvalue weighted by Crippen LogP contribution is -2.48. The highest BCUT2D eigenvalue weighted by Gasteiger charge is 2.38. The molecule has 5 atom stereocenters. The van der Waals surface area contributed by atoms with Crippen LogP contribution in [-0.2, 0) is 0 Å². The molecule has 0 spiro atoms. The van der Waals surface area contributed by atoms with Crippen molar-refractivity contribution in [1.29, 1.82) is 0 Å². The van der Waals surface area contributed by atoms with Crippen molar-refractivity contribution in [2.24, 2.45) is 0 Å². The number of aromatic nitrogens is 2. The van der Waals surface area contributed by atoms with Crippen LogP contribution in [0, 0.1) is 10.1 Å². The Morgan fingerprint density at radius 3 is 2.04 bits per heavy atom. The number of hydrogen-bond acceptors (Lipinski definition) is 10. The first-order chi connectivity index (χ1) is 10.6. The van der Waals surface area contributed by atoms with E-state index in [1.165, 1.54) is 0 Å². The molecular formula is C10H15N3O10. The van der Waals surface area contributed by atoms with Crippen molar-refractivity contribution >= 4 is 5.69 Å². The van der Waals surface area contributed by atoms with Crippen LogP contribution < -0.4 is 11.2 Å². The lowest BCUT2D eigenvalue weighted by molar-refractivity contribution is -0.388. The van der Waals surface area contributed by atoms with Crippen molar-refractivity contribution < 1.29 is 35.6 Å². The highest BCUT2D eigenvalue weighted by molar-refractivity contribution is 5.34. The fraction of sp³-hybridized carbons (Fsp3) is 0.600. The molecular weight excluding hydrogens is 322 g/mol. The summed E-state index contributed by atoms with van der Waals surface area (Å²) in [5, 5.41) is 67.2. The number of nitrogens with one attached hydrogen (secondary N) is 2. The summed E-state index contributed by atoms with van der Waals surface area (Å²) in [6.07, 6.45) is -10.9. The number of aliphatic hydroxyl groups is 6. The van der Waals surface area contributed by atoms with Crippen LogP contribution in [0.15, 0.2) is 9.59 Å². The number of H-pyrrole nitrogens is 2. The molecule has 0 saturated carbocycles. The number of hydrogen-bond donors (Lipinski definition) is 8. The van der Waals surface area contributed by atoms with Crippen molar-refractivity contribution in [3.63, 3.8) is 0 Å². The third kappa shape index (κ3) is 3.98. The molecule has 0 aromatic carbocycles. The molecule has 0 bridgehead atoms. The van der Waals surface area contributed by atoms with Crippen LogP contribution in [0.5, 0.6) is 0 Å². The fourth-order valence-electron chi connectivity index (χ4n) is 1.79. The first-order valence-corrected chi connectivity index (χ1v) is 6.13. The molecule has 23 heavy (non-hydrogen) atoms. The maximum atomic E-state index is 11.4. The van der Waals surface area contributed by atoms with Crippen LogP contribution in [0.2, 0.25) is 0 Å². The Hall–Kier alpha value is -2.16. The van der Waals surface area contributed by atoms with Crippen LogP contribution in [0.4, 0.5) is 5.69 Å². The largest absolute Gasteiger partial charge is 0.394 e. The Balaban J connectivity index is 3.24. The highest BCUT2D eigenvalue weighted by Crippen LogP contribution is 2.24. The summed E-state index contributed by atoms with van der Waals surface area (Å²) in [5.74, 6) is 0. The molecule has 0 saturated heterocycles. The molecule has 1 aromatic rings. The van der Waals surface area contributed by atoms with Gasteiger partial charge in [0.05, 0.1) is 11.5 Å². The Morgan fingerprint density at radius 1 is 1.00 bits per heavy atom. The maximum absolute atomic E-state index is 11.4. The molecule has 1 rings (SSSR count). The predicted molar refractivity (Wildman–Crippen MR) is 70.4 cm³/mol. The Morgan fingerprint density at radius 2 is 1.57 bits per heavy atom. The van der Waals surface area contributed by atoms with Gasteiger partial charge in [-0.25, -0.2) is 4.79 Å². The zero-order valence-electron chi connectivity index (χ0n) is 11.4. The minimum absolute atomic E-state index is 0.983. The van der Waals surface area contributed by atoms with Gasteiger partial charge in [0.1, 0.15) is 36.2 Å². The van der Waals surface area contributed by atoms with E-state index in [1.807, 2.05) is 0 Å². The van der Waals surface area contributed by atoms with Crippen molar-refractivity contribution in [3.05, 3.63) is 36.6 Å². The third-order valence-electron chi connectivity index (χ3n) is 3.03.